The summed E-state index contributed by atoms with van der Waals surface area (Å²) >= 11 is 0. The highest BCUT2D eigenvalue weighted by molar-refractivity contribution is 5.62. The van der Waals surface area contributed by atoms with Crippen LogP contribution in [0.5, 0.6) is 0 Å². The van der Waals surface area contributed by atoms with Crippen LogP contribution in [-0.2, 0) is 4.74 Å². The molecule has 4 nitrogen and oxygen atoms in total. The minimum absolute atomic E-state index is 0.246. The number of nitrogens with zero attached hydrogens (tertiary/aromatic N) is 3. The van der Waals surface area contributed by atoms with Crippen LogP contribution in [0.3, 0.4) is 0 Å². The lowest BCUT2D eigenvalue weighted by Gasteiger charge is -2.32. The standard InChI is InChI=1S/C18H22FN3O/c1-23-11-10-22-9-3-5-15(13-22)18-17(20-7-8-21-18)14-4-2-6-16(19)12-14/h2,4,6-8,12,15H,3,5,9-11,13H2,1H3. The predicted molar refractivity (Wildman–Crippen MR) is 87.7 cm³/mol. The van der Waals surface area contributed by atoms with Gasteiger partial charge in [-0.1, -0.05) is 12.1 Å². The first kappa shape index (κ1) is 16.0. The van der Waals surface area contributed by atoms with Crippen molar-refractivity contribution in [3.8, 4) is 11.3 Å². The van der Waals surface area contributed by atoms with E-state index in [1.807, 2.05) is 6.07 Å². The van der Waals surface area contributed by atoms with Gasteiger partial charge >= 0.3 is 0 Å². The van der Waals surface area contributed by atoms with Crippen molar-refractivity contribution in [2.75, 3.05) is 33.4 Å². The van der Waals surface area contributed by atoms with Gasteiger partial charge in [-0.05, 0) is 31.5 Å². The third-order valence-electron chi connectivity index (χ3n) is 4.33. The molecule has 1 aromatic carbocycles. The van der Waals surface area contributed by atoms with E-state index in [1.54, 1.807) is 25.6 Å². The van der Waals surface area contributed by atoms with Crippen LogP contribution < -0.4 is 0 Å². The largest absolute Gasteiger partial charge is 0.383 e. The summed E-state index contributed by atoms with van der Waals surface area (Å²) in [5, 5.41) is 0. The van der Waals surface area contributed by atoms with Crippen LogP contribution in [0.2, 0.25) is 0 Å². The summed E-state index contributed by atoms with van der Waals surface area (Å²) in [5.74, 6) is 0.0806. The van der Waals surface area contributed by atoms with E-state index >= 15 is 0 Å². The molecule has 1 aromatic heterocycles. The maximum atomic E-state index is 13.6. The van der Waals surface area contributed by atoms with Crippen molar-refractivity contribution in [1.29, 1.82) is 0 Å². The smallest absolute Gasteiger partial charge is 0.123 e. The molecule has 23 heavy (non-hydrogen) atoms. The molecule has 1 aliphatic heterocycles. The van der Waals surface area contributed by atoms with Gasteiger partial charge in [-0.3, -0.25) is 9.97 Å². The molecule has 0 amide bonds. The van der Waals surface area contributed by atoms with Gasteiger partial charge in [0.25, 0.3) is 0 Å². The topological polar surface area (TPSA) is 38.2 Å². The van der Waals surface area contributed by atoms with Gasteiger partial charge in [-0.2, -0.15) is 0 Å². The monoisotopic (exact) mass is 315 g/mol. The van der Waals surface area contributed by atoms with E-state index in [-0.39, 0.29) is 5.82 Å². The summed E-state index contributed by atoms with van der Waals surface area (Å²) in [4.78, 5) is 11.5. The highest BCUT2D eigenvalue weighted by atomic mass is 19.1. The second-order valence-corrected chi connectivity index (χ2v) is 5.93. The molecule has 0 spiro atoms. The average molecular weight is 315 g/mol. The van der Waals surface area contributed by atoms with E-state index in [1.165, 1.54) is 12.1 Å². The van der Waals surface area contributed by atoms with Crippen LogP contribution in [0, 0.1) is 5.82 Å². The fourth-order valence-electron chi connectivity index (χ4n) is 3.21. The van der Waals surface area contributed by atoms with Gasteiger partial charge in [-0.15, -0.1) is 0 Å². The lowest BCUT2D eigenvalue weighted by Crippen LogP contribution is -2.37. The molecule has 3 rings (SSSR count). The molecule has 1 aliphatic rings. The summed E-state index contributed by atoms with van der Waals surface area (Å²) in [5.41, 5.74) is 2.56. The molecule has 0 aliphatic carbocycles. The van der Waals surface area contributed by atoms with Gasteiger partial charge in [0, 0.05) is 44.1 Å². The normalized spacial score (nSPS) is 19.0. The molecule has 0 bridgehead atoms. The van der Waals surface area contributed by atoms with Gasteiger partial charge in [0.05, 0.1) is 18.0 Å². The Labute approximate surface area is 136 Å². The average Bonchev–Trinajstić information content (AvgIpc) is 2.60. The fraction of sp³-hybridized carbons (Fsp3) is 0.444. The Kier molecular flexibility index (Phi) is 5.31. The van der Waals surface area contributed by atoms with Crippen LogP contribution >= 0.6 is 0 Å². The predicted octanol–water partition coefficient (Wildman–Crippen LogP) is 3.11. The Hall–Kier alpha value is -1.85. The van der Waals surface area contributed by atoms with Crippen molar-refractivity contribution < 1.29 is 9.13 Å². The second kappa shape index (κ2) is 7.62. The van der Waals surface area contributed by atoms with Crippen molar-refractivity contribution in [3.63, 3.8) is 0 Å². The Bertz CT molecular complexity index is 650. The number of aromatic nitrogens is 2. The van der Waals surface area contributed by atoms with Crippen molar-refractivity contribution in [2.24, 2.45) is 0 Å². The molecule has 0 saturated carbocycles. The molecule has 1 atom stereocenters. The zero-order valence-corrected chi connectivity index (χ0v) is 13.4. The number of rotatable bonds is 5. The summed E-state index contributed by atoms with van der Waals surface area (Å²) in [6.45, 7) is 3.71. The molecule has 2 heterocycles. The maximum Gasteiger partial charge on any atom is 0.123 e. The number of piperidine rings is 1. The molecule has 5 heteroatoms. The third kappa shape index (κ3) is 3.92. The molecular formula is C18H22FN3O. The number of benzene rings is 1. The lowest BCUT2D eigenvalue weighted by atomic mass is 9.91. The Morgan fingerprint density at radius 3 is 3.00 bits per heavy atom. The number of likely N-dealkylation sites (tertiary alicyclic amines) is 1. The summed E-state index contributed by atoms with van der Waals surface area (Å²) in [7, 11) is 1.73. The molecule has 1 saturated heterocycles. The first-order valence-electron chi connectivity index (χ1n) is 8.06. The number of hydrogen-bond donors (Lipinski definition) is 0. The number of methoxy groups -OCH3 is 1. The van der Waals surface area contributed by atoms with E-state index in [2.05, 4.69) is 14.9 Å². The van der Waals surface area contributed by atoms with Crippen molar-refractivity contribution in [3.05, 3.63) is 48.2 Å². The lowest BCUT2D eigenvalue weighted by molar-refractivity contribution is 0.127. The summed E-state index contributed by atoms with van der Waals surface area (Å²) in [6.07, 6.45) is 5.62. The van der Waals surface area contributed by atoms with E-state index in [4.69, 9.17) is 4.74 Å². The molecule has 0 radical (unpaired) electrons. The zero-order valence-electron chi connectivity index (χ0n) is 13.4. The summed E-state index contributed by atoms with van der Waals surface area (Å²) in [6, 6.07) is 6.59. The summed E-state index contributed by atoms with van der Waals surface area (Å²) < 4.78 is 18.7. The molecule has 122 valence electrons. The first-order valence-corrected chi connectivity index (χ1v) is 8.06. The van der Waals surface area contributed by atoms with Gasteiger partial charge in [0.2, 0.25) is 0 Å². The minimum atomic E-state index is -0.246. The fourth-order valence-corrected chi connectivity index (χ4v) is 3.21. The minimum Gasteiger partial charge on any atom is -0.383 e. The van der Waals surface area contributed by atoms with E-state index < -0.39 is 0 Å². The highest BCUT2D eigenvalue weighted by Crippen LogP contribution is 2.31. The second-order valence-electron chi connectivity index (χ2n) is 5.93. The van der Waals surface area contributed by atoms with Gasteiger partial charge in [0.1, 0.15) is 5.82 Å². The van der Waals surface area contributed by atoms with Crippen LogP contribution in [0.25, 0.3) is 11.3 Å². The number of ether oxygens (including phenoxy) is 1. The third-order valence-corrected chi connectivity index (χ3v) is 4.33. The number of hydrogen-bond acceptors (Lipinski definition) is 4. The van der Waals surface area contributed by atoms with Crippen molar-refractivity contribution >= 4 is 0 Å². The van der Waals surface area contributed by atoms with Crippen LogP contribution in [-0.4, -0.2) is 48.2 Å². The SMILES string of the molecule is COCCN1CCCC(c2nccnc2-c2cccc(F)c2)C1. The quantitative estimate of drug-likeness (QED) is 0.850. The van der Waals surface area contributed by atoms with E-state index in [0.717, 1.165) is 56.0 Å². The highest BCUT2D eigenvalue weighted by Gasteiger charge is 2.25. The molecule has 0 N–H and O–H groups in total. The Morgan fingerprint density at radius 2 is 2.17 bits per heavy atom. The number of halogens is 1. The first-order chi connectivity index (χ1) is 11.3. The van der Waals surface area contributed by atoms with Crippen LogP contribution in [0.15, 0.2) is 36.7 Å². The maximum absolute atomic E-state index is 13.6. The van der Waals surface area contributed by atoms with Crippen LogP contribution in [0.4, 0.5) is 4.39 Å². The van der Waals surface area contributed by atoms with Gasteiger partial charge in [-0.25, -0.2) is 4.39 Å². The molecule has 1 fully saturated rings. The van der Waals surface area contributed by atoms with Crippen molar-refractivity contribution in [2.45, 2.75) is 18.8 Å². The Balaban J connectivity index is 1.85. The van der Waals surface area contributed by atoms with E-state index in [0.29, 0.717) is 5.92 Å². The molecule has 2 aromatic rings. The molecular weight excluding hydrogens is 293 g/mol. The molecule has 1 unspecified atom stereocenters. The van der Waals surface area contributed by atoms with Crippen molar-refractivity contribution in [1.82, 2.24) is 14.9 Å². The van der Waals surface area contributed by atoms with Gasteiger partial charge < -0.3 is 9.64 Å². The van der Waals surface area contributed by atoms with Gasteiger partial charge in [0.15, 0.2) is 0 Å². The Morgan fingerprint density at radius 1 is 1.30 bits per heavy atom. The van der Waals surface area contributed by atoms with E-state index in [9.17, 15) is 4.39 Å². The zero-order chi connectivity index (χ0) is 16.1. The van der Waals surface area contributed by atoms with Crippen LogP contribution in [0.1, 0.15) is 24.5 Å².